The van der Waals surface area contributed by atoms with E-state index < -0.39 is 11.6 Å². The Labute approximate surface area is 137 Å². The lowest BCUT2D eigenvalue weighted by Crippen LogP contribution is -2.43. The lowest BCUT2D eigenvalue weighted by atomic mass is 10.2. The SMILES string of the molecule is CC1CN(C(=O)CSc2ccc(F)c(F)c2)c2ccccc2O1. The van der Waals surface area contributed by atoms with Crippen LogP contribution in [-0.4, -0.2) is 24.3 Å². The summed E-state index contributed by atoms with van der Waals surface area (Å²) in [7, 11) is 0. The predicted molar refractivity (Wildman–Crippen MR) is 86.0 cm³/mol. The van der Waals surface area contributed by atoms with Crippen LogP contribution >= 0.6 is 11.8 Å². The summed E-state index contributed by atoms with van der Waals surface area (Å²) in [5.41, 5.74) is 0.737. The first kappa shape index (κ1) is 15.8. The number of hydrogen-bond donors (Lipinski definition) is 0. The van der Waals surface area contributed by atoms with Crippen molar-refractivity contribution in [2.24, 2.45) is 0 Å². The zero-order valence-corrected chi connectivity index (χ0v) is 13.3. The molecule has 3 nitrogen and oxygen atoms in total. The van der Waals surface area contributed by atoms with Crippen LogP contribution in [0.1, 0.15) is 6.92 Å². The van der Waals surface area contributed by atoms with Crippen molar-refractivity contribution in [1.82, 2.24) is 0 Å². The molecule has 0 N–H and O–H groups in total. The molecule has 0 radical (unpaired) electrons. The van der Waals surface area contributed by atoms with Gasteiger partial charge >= 0.3 is 0 Å². The summed E-state index contributed by atoms with van der Waals surface area (Å²) in [5.74, 6) is -1.07. The quantitative estimate of drug-likeness (QED) is 0.798. The van der Waals surface area contributed by atoms with Crippen molar-refractivity contribution in [2.75, 3.05) is 17.2 Å². The van der Waals surface area contributed by atoms with Crippen molar-refractivity contribution in [1.29, 1.82) is 0 Å². The Bertz CT molecular complexity index is 738. The minimum Gasteiger partial charge on any atom is -0.487 e. The Morgan fingerprint density at radius 2 is 2.04 bits per heavy atom. The summed E-state index contributed by atoms with van der Waals surface area (Å²) in [6.07, 6.45) is -0.0953. The molecule has 120 valence electrons. The van der Waals surface area contributed by atoms with Gasteiger partial charge in [0.15, 0.2) is 11.6 Å². The number of amides is 1. The molecule has 0 spiro atoms. The minimum absolute atomic E-state index is 0.0951. The Morgan fingerprint density at radius 1 is 1.26 bits per heavy atom. The molecule has 1 aliphatic heterocycles. The van der Waals surface area contributed by atoms with Crippen LogP contribution in [0, 0.1) is 11.6 Å². The average molecular weight is 335 g/mol. The molecule has 1 unspecified atom stereocenters. The molecule has 0 saturated heterocycles. The highest BCUT2D eigenvalue weighted by molar-refractivity contribution is 8.00. The third kappa shape index (κ3) is 3.47. The van der Waals surface area contributed by atoms with Crippen LogP contribution < -0.4 is 9.64 Å². The fourth-order valence-electron chi connectivity index (χ4n) is 2.42. The Balaban J connectivity index is 1.72. The third-order valence-electron chi connectivity index (χ3n) is 3.48. The van der Waals surface area contributed by atoms with Crippen molar-refractivity contribution < 1.29 is 18.3 Å². The summed E-state index contributed by atoms with van der Waals surface area (Å²) in [6, 6.07) is 11.0. The summed E-state index contributed by atoms with van der Waals surface area (Å²) in [6.45, 7) is 2.37. The molecule has 23 heavy (non-hydrogen) atoms. The normalized spacial score (nSPS) is 16.7. The second-order valence-electron chi connectivity index (χ2n) is 5.27. The van der Waals surface area contributed by atoms with E-state index in [2.05, 4.69) is 0 Å². The van der Waals surface area contributed by atoms with Gasteiger partial charge in [-0.3, -0.25) is 4.79 Å². The van der Waals surface area contributed by atoms with Crippen LogP contribution in [0.5, 0.6) is 5.75 Å². The molecule has 0 bridgehead atoms. The summed E-state index contributed by atoms with van der Waals surface area (Å²) < 4.78 is 31.8. The first-order valence-corrected chi connectivity index (χ1v) is 8.17. The van der Waals surface area contributed by atoms with Gasteiger partial charge in [-0.25, -0.2) is 8.78 Å². The zero-order chi connectivity index (χ0) is 16.4. The van der Waals surface area contributed by atoms with Crippen molar-refractivity contribution in [3.63, 3.8) is 0 Å². The van der Waals surface area contributed by atoms with Gasteiger partial charge in [0.25, 0.3) is 0 Å². The van der Waals surface area contributed by atoms with Crippen LogP contribution in [0.25, 0.3) is 0 Å². The van der Waals surface area contributed by atoms with Crippen molar-refractivity contribution in [2.45, 2.75) is 17.9 Å². The number of carbonyl (C=O) groups is 1. The van der Waals surface area contributed by atoms with Crippen LogP contribution in [0.3, 0.4) is 0 Å². The maximum atomic E-state index is 13.2. The number of para-hydroxylation sites is 2. The van der Waals surface area contributed by atoms with Gasteiger partial charge in [0.05, 0.1) is 18.0 Å². The molecule has 1 atom stereocenters. The average Bonchev–Trinajstić information content (AvgIpc) is 2.54. The first-order chi connectivity index (χ1) is 11.0. The number of rotatable bonds is 3. The number of hydrogen-bond acceptors (Lipinski definition) is 3. The van der Waals surface area contributed by atoms with E-state index in [1.54, 1.807) is 4.90 Å². The third-order valence-corrected chi connectivity index (χ3v) is 4.46. The van der Waals surface area contributed by atoms with Crippen molar-refractivity contribution in [3.05, 3.63) is 54.1 Å². The number of ether oxygens (including phenoxy) is 1. The fraction of sp³-hybridized carbons (Fsp3) is 0.235. The fourth-order valence-corrected chi connectivity index (χ4v) is 3.21. The number of thioether (sulfide) groups is 1. The molecule has 1 amide bonds. The van der Waals surface area contributed by atoms with Crippen LogP contribution in [0.2, 0.25) is 0 Å². The van der Waals surface area contributed by atoms with Crippen LogP contribution in [-0.2, 0) is 4.79 Å². The first-order valence-electron chi connectivity index (χ1n) is 7.18. The number of nitrogens with zero attached hydrogens (tertiary/aromatic N) is 1. The monoisotopic (exact) mass is 335 g/mol. The van der Waals surface area contributed by atoms with E-state index in [1.165, 1.54) is 17.8 Å². The van der Waals surface area contributed by atoms with Gasteiger partial charge in [-0.2, -0.15) is 0 Å². The second kappa shape index (κ2) is 6.58. The van der Waals surface area contributed by atoms with Gasteiger partial charge in [-0.15, -0.1) is 11.8 Å². The second-order valence-corrected chi connectivity index (χ2v) is 6.31. The highest BCUT2D eigenvalue weighted by Gasteiger charge is 2.27. The summed E-state index contributed by atoms with van der Waals surface area (Å²) >= 11 is 1.18. The van der Waals surface area contributed by atoms with Gasteiger partial charge in [0.2, 0.25) is 5.91 Å². The lowest BCUT2D eigenvalue weighted by molar-refractivity contribution is -0.116. The lowest BCUT2D eigenvalue weighted by Gasteiger charge is -2.33. The standard InChI is InChI=1S/C17H15F2NO2S/c1-11-9-20(15-4-2-3-5-16(15)22-11)17(21)10-23-12-6-7-13(18)14(19)8-12/h2-8,11H,9-10H2,1H3. The number of halogens is 2. The molecule has 0 aliphatic carbocycles. The smallest absolute Gasteiger partial charge is 0.237 e. The van der Waals surface area contributed by atoms with Gasteiger partial charge in [-0.05, 0) is 37.3 Å². The van der Waals surface area contributed by atoms with Crippen molar-refractivity contribution >= 4 is 23.4 Å². The highest BCUT2D eigenvalue weighted by atomic mass is 32.2. The molecule has 2 aromatic rings. The van der Waals surface area contributed by atoms with Crippen molar-refractivity contribution in [3.8, 4) is 5.75 Å². The minimum atomic E-state index is -0.909. The number of fused-ring (bicyclic) bond motifs is 1. The molecule has 1 heterocycles. The van der Waals surface area contributed by atoms with E-state index in [-0.39, 0.29) is 17.8 Å². The Hall–Kier alpha value is -2.08. The Morgan fingerprint density at radius 3 is 2.83 bits per heavy atom. The maximum absolute atomic E-state index is 13.2. The van der Waals surface area contributed by atoms with E-state index >= 15 is 0 Å². The Kier molecular flexibility index (Phi) is 4.52. The van der Waals surface area contributed by atoms with E-state index in [1.807, 2.05) is 31.2 Å². The molecule has 0 saturated carbocycles. The van der Waals surface area contributed by atoms with Crippen LogP contribution in [0.4, 0.5) is 14.5 Å². The predicted octanol–water partition coefficient (Wildman–Crippen LogP) is 3.87. The van der Waals surface area contributed by atoms with Gasteiger partial charge in [0.1, 0.15) is 11.9 Å². The van der Waals surface area contributed by atoms with Gasteiger partial charge in [0, 0.05) is 4.90 Å². The molecular formula is C17H15F2NO2S. The molecule has 6 heteroatoms. The maximum Gasteiger partial charge on any atom is 0.237 e. The largest absolute Gasteiger partial charge is 0.487 e. The molecule has 0 fully saturated rings. The summed E-state index contributed by atoms with van der Waals surface area (Å²) in [4.78, 5) is 14.7. The number of anilines is 1. The van der Waals surface area contributed by atoms with Gasteiger partial charge < -0.3 is 9.64 Å². The number of benzene rings is 2. The molecule has 0 aromatic heterocycles. The number of carbonyl (C=O) groups excluding carboxylic acids is 1. The highest BCUT2D eigenvalue weighted by Crippen LogP contribution is 2.33. The van der Waals surface area contributed by atoms with E-state index in [0.29, 0.717) is 17.2 Å². The van der Waals surface area contributed by atoms with E-state index in [4.69, 9.17) is 4.74 Å². The van der Waals surface area contributed by atoms with E-state index in [9.17, 15) is 13.6 Å². The molecule has 3 rings (SSSR count). The van der Waals surface area contributed by atoms with Gasteiger partial charge in [-0.1, -0.05) is 12.1 Å². The van der Waals surface area contributed by atoms with E-state index in [0.717, 1.165) is 17.8 Å². The zero-order valence-electron chi connectivity index (χ0n) is 12.5. The summed E-state index contributed by atoms with van der Waals surface area (Å²) in [5, 5.41) is 0. The molecule has 2 aromatic carbocycles. The topological polar surface area (TPSA) is 29.5 Å². The van der Waals surface area contributed by atoms with Crippen LogP contribution in [0.15, 0.2) is 47.4 Å². The molecular weight excluding hydrogens is 320 g/mol. The molecule has 1 aliphatic rings.